The van der Waals surface area contributed by atoms with E-state index in [1.165, 1.54) is 5.57 Å². The van der Waals surface area contributed by atoms with E-state index in [-0.39, 0.29) is 5.41 Å². The Kier molecular flexibility index (Phi) is 1.67. The Labute approximate surface area is 62.1 Å². The van der Waals surface area contributed by atoms with Crippen LogP contribution < -0.4 is 0 Å². The van der Waals surface area contributed by atoms with E-state index >= 15 is 0 Å². The first-order valence-electron chi connectivity index (χ1n) is 3.72. The number of allylic oxidation sites excluding steroid dienone is 1. The van der Waals surface area contributed by atoms with E-state index in [4.69, 9.17) is 0 Å². The van der Waals surface area contributed by atoms with Gasteiger partial charge in [0.1, 0.15) is 5.78 Å². The molecule has 0 aromatic heterocycles. The minimum atomic E-state index is -0.130. The molecule has 1 aliphatic rings. The Morgan fingerprint density at radius 1 is 1.40 bits per heavy atom. The zero-order valence-corrected chi connectivity index (χ0v) is 6.74. The summed E-state index contributed by atoms with van der Waals surface area (Å²) in [6, 6.07) is 0. The zero-order valence-electron chi connectivity index (χ0n) is 6.74. The van der Waals surface area contributed by atoms with Crippen LogP contribution in [0.1, 0.15) is 33.1 Å². The van der Waals surface area contributed by atoms with Gasteiger partial charge in [0, 0.05) is 11.8 Å². The molecule has 1 saturated carbocycles. The van der Waals surface area contributed by atoms with Crippen molar-refractivity contribution in [3.05, 3.63) is 12.2 Å². The van der Waals surface area contributed by atoms with Crippen molar-refractivity contribution in [2.75, 3.05) is 0 Å². The highest BCUT2D eigenvalue weighted by molar-refractivity contribution is 5.85. The first-order valence-corrected chi connectivity index (χ1v) is 3.72. The van der Waals surface area contributed by atoms with Crippen LogP contribution >= 0.6 is 0 Å². The molecule has 0 bridgehead atoms. The minimum Gasteiger partial charge on any atom is -0.299 e. The molecule has 1 heteroatoms. The van der Waals surface area contributed by atoms with Crippen molar-refractivity contribution < 1.29 is 4.79 Å². The summed E-state index contributed by atoms with van der Waals surface area (Å²) >= 11 is 0. The van der Waals surface area contributed by atoms with Gasteiger partial charge in [-0.1, -0.05) is 26.0 Å². The fraction of sp³-hybridized carbons (Fsp3) is 0.667. The molecular formula is C9H14O. The van der Waals surface area contributed by atoms with Crippen molar-refractivity contribution >= 4 is 5.78 Å². The van der Waals surface area contributed by atoms with Gasteiger partial charge in [-0.05, 0) is 12.8 Å². The molecule has 0 heterocycles. The average Bonchev–Trinajstić information content (AvgIpc) is 1.78. The minimum absolute atomic E-state index is 0.130. The molecule has 1 rings (SSSR count). The SMILES string of the molecule is C=C1CCC(=O)C(C)(C)C1. The lowest BCUT2D eigenvalue weighted by Crippen LogP contribution is -2.28. The maximum absolute atomic E-state index is 11.2. The molecule has 0 saturated heterocycles. The van der Waals surface area contributed by atoms with Crippen LogP contribution in [0.3, 0.4) is 0 Å². The molecular weight excluding hydrogens is 124 g/mol. The molecule has 0 radical (unpaired) electrons. The Hall–Kier alpha value is -0.590. The Morgan fingerprint density at radius 2 is 2.00 bits per heavy atom. The van der Waals surface area contributed by atoms with Gasteiger partial charge in [0.15, 0.2) is 0 Å². The highest BCUT2D eigenvalue weighted by atomic mass is 16.1. The molecule has 0 N–H and O–H groups in total. The third-order valence-electron chi connectivity index (χ3n) is 2.15. The Morgan fingerprint density at radius 3 is 2.40 bits per heavy atom. The molecule has 56 valence electrons. The molecule has 10 heavy (non-hydrogen) atoms. The van der Waals surface area contributed by atoms with Crippen LogP contribution in [-0.2, 0) is 4.79 Å². The third-order valence-corrected chi connectivity index (χ3v) is 2.15. The lowest BCUT2D eigenvalue weighted by Gasteiger charge is -2.28. The predicted octanol–water partition coefficient (Wildman–Crippen LogP) is 2.32. The second kappa shape index (κ2) is 2.22. The van der Waals surface area contributed by atoms with Crippen LogP contribution in [0.25, 0.3) is 0 Å². The van der Waals surface area contributed by atoms with E-state index in [9.17, 15) is 4.79 Å². The molecule has 1 nitrogen and oxygen atoms in total. The number of ketones is 1. The highest BCUT2D eigenvalue weighted by Gasteiger charge is 2.31. The van der Waals surface area contributed by atoms with Crippen molar-refractivity contribution in [1.82, 2.24) is 0 Å². The van der Waals surface area contributed by atoms with Gasteiger partial charge >= 0.3 is 0 Å². The van der Waals surface area contributed by atoms with E-state index in [1.807, 2.05) is 13.8 Å². The summed E-state index contributed by atoms with van der Waals surface area (Å²) in [5, 5.41) is 0. The van der Waals surface area contributed by atoms with Crippen LogP contribution in [0, 0.1) is 5.41 Å². The quantitative estimate of drug-likeness (QED) is 0.469. The van der Waals surface area contributed by atoms with Gasteiger partial charge in [0.2, 0.25) is 0 Å². The summed E-state index contributed by atoms with van der Waals surface area (Å²) < 4.78 is 0. The highest BCUT2D eigenvalue weighted by Crippen LogP contribution is 2.34. The topological polar surface area (TPSA) is 17.1 Å². The summed E-state index contributed by atoms with van der Waals surface area (Å²) in [4.78, 5) is 11.2. The van der Waals surface area contributed by atoms with Crippen molar-refractivity contribution in [3.8, 4) is 0 Å². The third kappa shape index (κ3) is 1.28. The van der Waals surface area contributed by atoms with Gasteiger partial charge in [0.05, 0.1) is 0 Å². The first kappa shape index (κ1) is 7.52. The number of carbonyl (C=O) groups is 1. The van der Waals surface area contributed by atoms with Crippen LogP contribution in [0.5, 0.6) is 0 Å². The number of rotatable bonds is 0. The molecule has 1 fully saturated rings. The molecule has 0 aromatic carbocycles. The summed E-state index contributed by atoms with van der Waals surface area (Å²) in [6.07, 6.45) is 2.49. The molecule has 0 aliphatic heterocycles. The maximum Gasteiger partial charge on any atom is 0.139 e. The predicted molar refractivity (Wildman–Crippen MR) is 41.8 cm³/mol. The van der Waals surface area contributed by atoms with E-state index in [0.29, 0.717) is 12.2 Å². The van der Waals surface area contributed by atoms with Gasteiger partial charge in [0.25, 0.3) is 0 Å². The van der Waals surface area contributed by atoms with Crippen molar-refractivity contribution in [1.29, 1.82) is 0 Å². The second-order valence-corrected chi connectivity index (χ2v) is 3.73. The fourth-order valence-electron chi connectivity index (χ4n) is 1.44. The van der Waals surface area contributed by atoms with Crippen molar-refractivity contribution in [3.63, 3.8) is 0 Å². The molecule has 0 aromatic rings. The number of hydrogen-bond donors (Lipinski definition) is 0. The molecule has 0 atom stereocenters. The van der Waals surface area contributed by atoms with E-state index < -0.39 is 0 Å². The van der Waals surface area contributed by atoms with Gasteiger partial charge in [-0.15, -0.1) is 0 Å². The van der Waals surface area contributed by atoms with Crippen LogP contribution in [-0.4, -0.2) is 5.78 Å². The lowest BCUT2D eigenvalue weighted by atomic mass is 9.74. The largest absolute Gasteiger partial charge is 0.299 e. The molecule has 0 unspecified atom stereocenters. The van der Waals surface area contributed by atoms with Crippen LogP contribution in [0.15, 0.2) is 12.2 Å². The summed E-state index contributed by atoms with van der Waals surface area (Å²) in [7, 11) is 0. The number of Topliss-reactive ketones (excluding diaryl/α,β-unsaturated/α-hetero) is 1. The van der Waals surface area contributed by atoms with Gasteiger partial charge in [-0.2, -0.15) is 0 Å². The van der Waals surface area contributed by atoms with E-state index in [1.54, 1.807) is 0 Å². The monoisotopic (exact) mass is 138 g/mol. The zero-order chi connectivity index (χ0) is 7.78. The van der Waals surface area contributed by atoms with E-state index in [2.05, 4.69) is 6.58 Å². The van der Waals surface area contributed by atoms with Crippen LogP contribution in [0.2, 0.25) is 0 Å². The summed E-state index contributed by atoms with van der Waals surface area (Å²) in [6.45, 7) is 7.89. The smallest absolute Gasteiger partial charge is 0.139 e. The molecule has 0 amide bonds. The van der Waals surface area contributed by atoms with Crippen molar-refractivity contribution in [2.45, 2.75) is 33.1 Å². The van der Waals surface area contributed by atoms with E-state index in [0.717, 1.165) is 12.8 Å². The average molecular weight is 138 g/mol. The Bertz CT molecular complexity index is 177. The number of carbonyl (C=O) groups excluding carboxylic acids is 1. The van der Waals surface area contributed by atoms with Crippen LogP contribution in [0.4, 0.5) is 0 Å². The number of hydrogen-bond acceptors (Lipinski definition) is 1. The van der Waals surface area contributed by atoms with Gasteiger partial charge in [-0.25, -0.2) is 0 Å². The lowest BCUT2D eigenvalue weighted by molar-refractivity contribution is -0.128. The fourth-order valence-corrected chi connectivity index (χ4v) is 1.44. The van der Waals surface area contributed by atoms with Crippen molar-refractivity contribution in [2.24, 2.45) is 5.41 Å². The standard InChI is InChI=1S/C9H14O/c1-7-4-5-8(10)9(2,3)6-7/h1,4-6H2,2-3H3. The van der Waals surface area contributed by atoms with Gasteiger partial charge < -0.3 is 0 Å². The summed E-state index contributed by atoms with van der Waals surface area (Å²) in [5.74, 6) is 0.389. The van der Waals surface area contributed by atoms with Gasteiger partial charge in [-0.3, -0.25) is 4.79 Å². The molecule has 1 aliphatic carbocycles. The first-order chi connectivity index (χ1) is 4.52. The second-order valence-electron chi connectivity index (χ2n) is 3.73. The maximum atomic E-state index is 11.2. The molecule has 0 spiro atoms. The Balaban J connectivity index is 2.73. The summed E-state index contributed by atoms with van der Waals surface area (Å²) in [5.41, 5.74) is 1.10. The normalized spacial score (nSPS) is 25.0.